The van der Waals surface area contributed by atoms with Crippen molar-refractivity contribution in [3.63, 3.8) is 0 Å². The van der Waals surface area contributed by atoms with Gasteiger partial charge in [0.2, 0.25) is 17.1 Å². The van der Waals surface area contributed by atoms with Crippen molar-refractivity contribution in [3.8, 4) is 5.75 Å². The van der Waals surface area contributed by atoms with Crippen LogP contribution in [0.1, 0.15) is 23.0 Å². The predicted octanol–water partition coefficient (Wildman–Crippen LogP) is 1.65. The SMILES string of the molecule is COC(=O)C1=C(N)Oc2c(oc(CO)cc2=O)[C@@H]1c1ccccc1Cl. The van der Waals surface area contributed by atoms with E-state index in [1.165, 1.54) is 7.11 Å². The average Bonchev–Trinajstić information content (AvgIpc) is 2.61. The van der Waals surface area contributed by atoms with Gasteiger partial charge in [-0.25, -0.2) is 4.79 Å². The first-order valence-electron chi connectivity index (χ1n) is 7.26. The van der Waals surface area contributed by atoms with Crippen LogP contribution in [-0.2, 0) is 16.1 Å². The van der Waals surface area contributed by atoms with E-state index >= 15 is 0 Å². The summed E-state index contributed by atoms with van der Waals surface area (Å²) < 4.78 is 15.7. The third-order valence-corrected chi connectivity index (χ3v) is 4.13. The Balaban J connectivity index is 2.34. The van der Waals surface area contributed by atoms with E-state index in [0.29, 0.717) is 10.6 Å². The summed E-state index contributed by atoms with van der Waals surface area (Å²) in [5.41, 5.74) is 5.78. The highest BCUT2D eigenvalue weighted by atomic mass is 35.5. The lowest BCUT2D eigenvalue weighted by Gasteiger charge is -2.27. The lowest BCUT2D eigenvalue weighted by atomic mass is 9.86. The molecule has 1 aliphatic rings. The van der Waals surface area contributed by atoms with Crippen molar-refractivity contribution in [2.24, 2.45) is 5.73 Å². The molecule has 0 fully saturated rings. The summed E-state index contributed by atoms with van der Waals surface area (Å²) in [6.07, 6.45) is 0. The van der Waals surface area contributed by atoms with Crippen LogP contribution in [0.5, 0.6) is 5.75 Å². The molecule has 1 aliphatic heterocycles. The van der Waals surface area contributed by atoms with Gasteiger partial charge in [0, 0.05) is 11.1 Å². The van der Waals surface area contributed by atoms with Crippen LogP contribution >= 0.6 is 11.6 Å². The molecule has 3 N–H and O–H groups in total. The summed E-state index contributed by atoms with van der Waals surface area (Å²) in [6.45, 7) is -0.496. The van der Waals surface area contributed by atoms with Crippen molar-refractivity contribution in [1.82, 2.24) is 0 Å². The Hall–Kier alpha value is -2.77. The van der Waals surface area contributed by atoms with Crippen LogP contribution in [0.2, 0.25) is 5.02 Å². The van der Waals surface area contributed by atoms with Crippen LogP contribution in [-0.4, -0.2) is 18.2 Å². The first-order valence-corrected chi connectivity index (χ1v) is 7.63. The molecule has 3 rings (SSSR count). The van der Waals surface area contributed by atoms with E-state index < -0.39 is 23.9 Å². The van der Waals surface area contributed by atoms with Gasteiger partial charge in [0.15, 0.2) is 5.76 Å². The molecule has 0 bridgehead atoms. The standard InChI is InChI=1S/C17H14ClNO6/c1-23-17(22)13-12(9-4-2-3-5-10(9)18)15-14(25-16(13)19)11(21)6-8(7-20)24-15/h2-6,12,20H,7,19H2,1H3/t12-/m1/s1. The van der Waals surface area contributed by atoms with Gasteiger partial charge in [-0.15, -0.1) is 0 Å². The molecule has 0 amide bonds. The van der Waals surface area contributed by atoms with E-state index in [9.17, 15) is 14.7 Å². The number of hydrogen-bond acceptors (Lipinski definition) is 7. The second kappa shape index (κ2) is 6.62. The molecule has 7 nitrogen and oxygen atoms in total. The molecule has 0 saturated heterocycles. The number of carbonyl (C=O) groups is 1. The van der Waals surface area contributed by atoms with E-state index in [1.54, 1.807) is 24.3 Å². The Kier molecular flexibility index (Phi) is 4.52. The Morgan fingerprint density at radius 3 is 2.76 bits per heavy atom. The lowest BCUT2D eigenvalue weighted by Crippen LogP contribution is -2.29. The maximum absolute atomic E-state index is 12.3. The van der Waals surface area contributed by atoms with Crippen molar-refractivity contribution < 1.29 is 23.8 Å². The maximum atomic E-state index is 12.3. The minimum Gasteiger partial charge on any atom is -0.465 e. The van der Waals surface area contributed by atoms with Gasteiger partial charge in [-0.05, 0) is 11.6 Å². The van der Waals surface area contributed by atoms with Gasteiger partial charge in [0.25, 0.3) is 0 Å². The summed E-state index contributed by atoms with van der Waals surface area (Å²) in [4.78, 5) is 24.5. The first-order chi connectivity index (χ1) is 12.0. The second-order valence-corrected chi connectivity index (χ2v) is 5.66. The molecule has 0 unspecified atom stereocenters. The van der Waals surface area contributed by atoms with Crippen LogP contribution in [0.25, 0.3) is 0 Å². The Labute approximate surface area is 147 Å². The number of benzene rings is 1. The molecule has 2 heterocycles. The third-order valence-electron chi connectivity index (χ3n) is 3.79. The topological polar surface area (TPSA) is 112 Å². The quantitative estimate of drug-likeness (QED) is 0.797. The monoisotopic (exact) mass is 363 g/mol. The lowest BCUT2D eigenvalue weighted by molar-refractivity contribution is -0.136. The fourth-order valence-corrected chi connectivity index (χ4v) is 2.94. The molecular weight excluding hydrogens is 350 g/mol. The number of halogens is 1. The van der Waals surface area contributed by atoms with E-state index in [2.05, 4.69) is 0 Å². The van der Waals surface area contributed by atoms with Gasteiger partial charge >= 0.3 is 5.97 Å². The Morgan fingerprint density at radius 2 is 2.12 bits per heavy atom. The largest absolute Gasteiger partial charge is 0.465 e. The smallest absolute Gasteiger partial charge is 0.340 e. The molecule has 130 valence electrons. The number of methoxy groups -OCH3 is 1. The summed E-state index contributed by atoms with van der Waals surface area (Å²) >= 11 is 6.27. The van der Waals surface area contributed by atoms with Crippen molar-refractivity contribution >= 4 is 17.6 Å². The summed E-state index contributed by atoms with van der Waals surface area (Å²) in [5, 5.41) is 9.66. The Morgan fingerprint density at radius 1 is 1.40 bits per heavy atom. The second-order valence-electron chi connectivity index (χ2n) is 5.25. The summed E-state index contributed by atoms with van der Waals surface area (Å²) in [6, 6.07) is 7.83. The molecule has 1 aromatic carbocycles. The van der Waals surface area contributed by atoms with Crippen LogP contribution < -0.4 is 15.9 Å². The van der Waals surface area contributed by atoms with Gasteiger partial charge in [0.05, 0.1) is 13.0 Å². The molecule has 0 saturated carbocycles. The molecule has 2 aromatic rings. The number of aliphatic hydroxyl groups excluding tert-OH is 1. The fourth-order valence-electron chi connectivity index (χ4n) is 2.69. The van der Waals surface area contributed by atoms with Crippen LogP contribution in [0, 0.1) is 0 Å². The molecule has 0 spiro atoms. The van der Waals surface area contributed by atoms with Crippen molar-refractivity contribution in [2.75, 3.05) is 7.11 Å². The highest BCUT2D eigenvalue weighted by Crippen LogP contribution is 2.43. The summed E-state index contributed by atoms with van der Waals surface area (Å²) in [7, 11) is 1.20. The molecule has 0 radical (unpaired) electrons. The summed E-state index contributed by atoms with van der Waals surface area (Å²) in [5.74, 6) is -2.04. The number of fused-ring (bicyclic) bond motifs is 1. The van der Waals surface area contributed by atoms with E-state index in [4.69, 9.17) is 31.2 Å². The third kappa shape index (κ3) is 2.88. The fraction of sp³-hybridized carbons (Fsp3) is 0.176. The van der Waals surface area contributed by atoms with Gasteiger partial charge in [-0.2, -0.15) is 0 Å². The highest BCUT2D eigenvalue weighted by Gasteiger charge is 2.39. The van der Waals surface area contributed by atoms with E-state index in [-0.39, 0.29) is 28.7 Å². The maximum Gasteiger partial charge on any atom is 0.340 e. The van der Waals surface area contributed by atoms with Crippen molar-refractivity contribution in [3.05, 3.63) is 74.1 Å². The van der Waals surface area contributed by atoms with Gasteiger partial charge in [0.1, 0.15) is 17.9 Å². The number of nitrogens with two attached hydrogens (primary N) is 1. The number of ether oxygens (including phenoxy) is 2. The van der Waals surface area contributed by atoms with Gasteiger partial charge in [-0.1, -0.05) is 29.8 Å². The normalized spacial score (nSPS) is 16.2. The average molecular weight is 364 g/mol. The molecule has 1 atom stereocenters. The molecule has 0 aliphatic carbocycles. The zero-order chi connectivity index (χ0) is 18.1. The molecule has 1 aromatic heterocycles. The van der Waals surface area contributed by atoms with E-state index in [1.807, 2.05) is 0 Å². The van der Waals surface area contributed by atoms with Crippen LogP contribution in [0.4, 0.5) is 0 Å². The van der Waals surface area contributed by atoms with Crippen LogP contribution in [0.3, 0.4) is 0 Å². The minimum absolute atomic E-state index is 0.0223. The highest BCUT2D eigenvalue weighted by molar-refractivity contribution is 6.31. The number of rotatable bonds is 3. The van der Waals surface area contributed by atoms with Gasteiger partial charge in [-0.3, -0.25) is 4.79 Å². The van der Waals surface area contributed by atoms with E-state index in [0.717, 1.165) is 6.07 Å². The van der Waals surface area contributed by atoms with Gasteiger partial charge < -0.3 is 24.7 Å². The molecular formula is C17H14ClNO6. The van der Waals surface area contributed by atoms with Crippen LogP contribution in [0.15, 0.2) is 51.0 Å². The number of aliphatic hydroxyl groups is 1. The number of carbonyl (C=O) groups excluding carboxylic acids is 1. The molecule has 8 heteroatoms. The zero-order valence-corrected chi connectivity index (χ0v) is 13.9. The Bertz CT molecular complexity index is 933. The predicted molar refractivity (Wildman–Crippen MR) is 88.1 cm³/mol. The van der Waals surface area contributed by atoms with Crippen molar-refractivity contribution in [2.45, 2.75) is 12.5 Å². The zero-order valence-electron chi connectivity index (χ0n) is 13.1. The first kappa shape index (κ1) is 17.1. The number of hydrogen-bond donors (Lipinski definition) is 2. The molecule has 25 heavy (non-hydrogen) atoms. The number of esters is 1. The van der Waals surface area contributed by atoms with Crippen molar-refractivity contribution in [1.29, 1.82) is 0 Å². The minimum atomic E-state index is -0.913.